The standard InChI is InChI=1S/C22H21ClN2O3S/c1-3-11-25(22(26)16-7-9-19(27-2)10-8-16)13-18-15-29-21(24-18)14-28-20-6-4-5-17(23)12-20/h3-10,12,15H,1,11,13-14H2,2H3. The monoisotopic (exact) mass is 428 g/mol. The first-order valence-electron chi connectivity index (χ1n) is 8.95. The summed E-state index contributed by atoms with van der Waals surface area (Å²) in [6.45, 7) is 4.93. The van der Waals surface area contributed by atoms with E-state index in [2.05, 4.69) is 11.6 Å². The Balaban J connectivity index is 1.64. The Morgan fingerprint density at radius 3 is 2.72 bits per heavy atom. The summed E-state index contributed by atoms with van der Waals surface area (Å²) in [7, 11) is 1.59. The molecule has 0 radical (unpaired) electrons. The minimum Gasteiger partial charge on any atom is -0.497 e. The molecule has 0 saturated carbocycles. The van der Waals surface area contributed by atoms with E-state index in [0.717, 1.165) is 10.7 Å². The molecule has 5 nitrogen and oxygen atoms in total. The zero-order chi connectivity index (χ0) is 20.6. The van der Waals surface area contributed by atoms with E-state index in [-0.39, 0.29) is 5.91 Å². The van der Waals surface area contributed by atoms with Crippen LogP contribution in [0.15, 0.2) is 66.6 Å². The largest absolute Gasteiger partial charge is 0.497 e. The summed E-state index contributed by atoms with van der Waals surface area (Å²) in [4.78, 5) is 19.1. The smallest absolute Gasteiger partial charge is 0.254 e. The molecule has 0 saturated heterocycles. The Bertz CT molecular complexity index is 972. The van der Waals surface area contributed by atoms with Crippen LogP contribution >= 0.6 is 22.9 Å². The van der Waals surface area contributed by atoms with Crippen LogP contribution in [0.4, 0.5) is 0 Å². The number of ether oxygens (including phenoxy) is 2. The number of aromatic nitrogens is 1. The van der Waals surface area contributed by atoms with Crippen molar-refractivity contribution in [2.24, 2.45) is 0 Å². The van der Waals surface area contributed by atoms with Gasteiger partial charge in [0.15, 0.2) is 0 Å². The highest BCUT2D eigenvalue weighted by Gasteiger charge is 2.17. The van der Waals surface area contributed by atoms with Crippen LogP contribution in [0.3, 0.4) is 0 Å². The molecule has 0 spiro atoms. The summed E-state index contributed by atoms with van der Waals surface area (Å²) in [6, 6.07) is 14.3. The Morgan fingerprint density at radius 2 is 2.03 bits per heavy atom. The van der Waals surface area contributed by atoms with Crippen LogP contribution in [0, 0.1) is 0 Å². The van der Waals surface area contributed by atoms with Crippen molar-refractivity contribution in [3.8, 4) is 11.5 Å². The Kier molecular flexibility index (Phi) is 7.27. The minimum atomic E-state index is -0.0859. The number of rotatable bonds is 9. The first-order valence-corrected chi connectivity index (χ1v) is 10.2. The van der Waals surface area contributed by atoms with Crippen LogP contribution < -0.4 is 9.47 Å². The van der Waals surface area contributed by atoms with Gasteiger partial charge in [-0.2, -0.15) is 0 Å². The molecule has 0 unspecified atom stereocenters. The van der Waals surface area contributed by atoms with Gasteiger partial charge in [-0.25, -0.2) is 4.98 Å². The van der Waals surface area contributed by atoms with Gasteiger partial charge in [0.25, 0.3) is 5.91 Å². The molecule has 0 aliphatic carbocycles. The molecule has 1 aromatic heterocycles. The maximum atomic E-state index is 12.9. The molecule has 0 fully saturated rings. The van der Waals surface area contributed by atoms with E-state index >= 15 is 0 Å². The van der Waals surface area contributed by atoms with E-state index in [4.69, 9.17) is 21.1 Å². The van der Waals surface area contributed by atoms with E-state index in [9.17, 15) is 4.79 Å². The van der Waals surface area contributed by atoms with Crippen molar-refractivity contribution in [1.82, 2.24) is 9.88 Å². The van der Waals surface area contributed by atoms with Crippen LogP contribution in [0.5, 0.6) is 11.5 Å². The van der Waals surface area contributed by atoms with Crippen LogP contribution in [-0.2, 0) is 13.2 Å². The zero-order valence-electron chi connectivity index (χ0n) is 16.0. The van der Waals surface area contributed by atoms with Crippen molar-refractivity contribution in [2.45, 2.75) is 13.2 Å². The third-order valence-electron chi connectivity index (χ3n) is 4.08. The van der Waals surface area contributed by atoms with Crippen LogP contribution in [0.1, 0.15) is 21.1 Å². The fraction of sp³-hybridized carbons (Fsp3) is 0.182. The number of nitrogens with zero attached hydrogens (tertiary/aromatic N) is 2. The van der Waals surface area contributed by atoms with Crippen LogP contribution in [0.25, 0.3) is 0 Å². The number of thiazole rings is 1. The second kappa shape index (κ2) is 10.1. The third-order valence-corrected chi connectivity index (χ3v) is 5.19. The van der Waals surface area contributed by atoms with Crippen molar-refractivity contribution in [2.75, 3.05) is 13.7 Å². The number of carbonyl (C=O) groups excluding carboxylic acids is 1. The van der Waals surface area contributed by atoms with Gasteiger partial charge in [0.05, 0.1) is 19.3 Å². The summed E-state index contributed by atoms with van der Waals surface area (Å²) < 4.78 is 10.9. The maximum absolute atomic E-state index is 12.9. The van der Waals surface area contributed by atoms with Crippen molar-refractivity contribution in [3.05, 3.63) is 87.9 Å². The SMILES string of the molecule is C=CCN(Cc1csc(COc2cccc(Cl)c2)n1)C(=O)c1ccc(OC)cc1. The Morgan fingerprint density at radius 1 is 1.24 bits per heavy atom. The Labute approximate surface area is 179 Å². The van der Waals surface area contributed by atoms with Crippen molar-refractivity contribution < 1.29 is 14.3 Å². The van der Waals surface area contributed by atoms with Gasteiger partial charge in [-0.1, -0.05) is 23.7 Å². The summed E-state index contributed by atoms with van der Waals surface area (Å²) in [6.07, 6.45) is 1.71. The molecule has 29 heavy (non-hydrogen) atoms. The van der Waals surface area contributed by atoms with Gasteiger partial charge in [0, 0.05) is 22.5 Å². The zero-order valence-corrected chi connectivity index (χ0v) is 17.6. The number of halogens is 1. The van der Waals surface area contributed by atoms with E-state index in [1.165, 1.54) is 11.3 Å². The predicted molar refractivity (Wildman–Crippen MR) is 116 cm³/mol. The normalized spacial score (nSPS) is 10.4. The van der Waals surface area contributed by atoms with Gasteiger partial charge >= 0.3 is 0 Å². The van der Waals surface area contributed by atoms with Gasteiger partial charge in [-0.3, -0.25) is 4.79 Å². The molecule has 0 atom stereocenters. The molecule has 1 heterocycles. The number of benzene rings is 2. The average molecular weight is 429 g/mol. The molecule has 3 rings (SSSR count). The highest BCUT2D eigenvalue weighted by Crippen LogP contribution is 2.20. The second-order valence-electron chi connectivity index (χ2n) is 6.18. The lowest BCUT2D eigenvalue weighted by Gasteiger charge is -2.20. The molecule has 0 aliphatic rings. The van der Waals surface area contributed by atoms with Crippen LogP contribution in [0.2, 0.25) is 5.02 Å². The summed E-state index contributed by atoms with van der Waals surface area (Å²) in [5, 5.41) is 3.39. The summed E-state index contributed by atoms with van der Waals surface area (Å²) in [5.74, 6) is 1.31. The van der Waals surface area contributed by atoms with Gasteiger partial charge in [-0.05, 0) is 42.5 Å². The number of methoxy groups -OCH3 is 1. The molecule has 7 heteroatoms. The van der Waals surface area contributed by atoms with Crippen molar-refractivity contribution >= 4 is 28.8 Å². The maximum Gasteiger partial charge on any atom is 0.254 e. The molecule has 0 N–H and O–H groups in total. The lowest BCUT2D eigenvalue weighted by atomic mass is 10.2. The van der Waals surface area contributed by atoms with Crippen LogP contribution in [-0.4, -0.2) is 29.4 Å². The fourth-order valence-electron chi connectivity index (χ4n) is 2.68. The molecule has 3 aromatic rings. The Hall–Kier alpha value is -2.83. The first-order chi connectivity index (χ1) is 14.1. The van der Waals surface area contributed by atoms with Crippen molar-refractivity contribution in [1.29, 1.82) is 0 Å². The van der Waals surface area contributed by atoms with E-state index in [0.29, 0.717) is 41.8 Å². The van der Waals surface area contributed by atoms with Gasteiger partial charge < -0.3 is 14.4 Å². The highest BCUT2D eigenvalue weighted by atomic mass is 35.5. The summed E-state index contributed by atoms with van der Waals surface area (Å²) in [5.41, 5.74) is 1.40. The van der Waals surface area contributed by atoms with Crippen molar-refractivity contribution in [3.63, 3.8) is 0 Å². The third kappa shape index (κ3) is 5.82. The predicted octanol–water partition coefficient (Wildman–Crippen LogP) is 5.21. The lowest BCUT2D eigenvalue weighted by Crippen LogP contribution is -2.30. The van der Waals surface area contributed by atoms with E-state index in [1.807, 2.05) is 17.5 Å². The minimum absolute atomic E-state index is 0.0859. The van der Waals surface area contributed by atoms with Gasteiger partial charge in [-0.15, -0.1) is 17.9 Å². The first kappa shape index (κ1) is 20.9. The number of hydrogen-bond acceptors (Lipinski definition) is 5. The lowest BCUT2D eigenvalue weighted by molar-refractivity contribution is 0.0761. The molecule has 0 bridgehead atoms. The molecule has 0 aliphatic heterocycles. The molecule has 2 aromatic carbocycles. The fourth-order valence-corrected chi connectivity index (χ4v) is 3.55. The quantitative estimate of drug-likeness (QED) is 0.439. The number of hydrogen-bond donors (Lipinski definition) is 0. The molecule has 1 amide bonds. The average Bonchev–Trinajstić information content (AvgIpc) is 3.19. The molecular formula is C22H21ClN2O3S. The molecular weight excluding hydrogens is 408 g/mol. The topological polar surface area (TPSA) is 51.7 Å². The molecule has 150 valence electrons. The van der Waals surface area contributed by atoms with Gasteiger partial charge in [0.1, 0.15) is 23.1 Å². The number of carbonyl (C=O) groups is 1. The summed E-state index contributed by atoms with van der Waals surface area (Å²) >= 11 is 7.47. The van der Waals surface area contributed by atoms with Gasteiger partial charge in [0.2, 0.25) is 0 Å². The van der Waals surface area contributed by atoms with E-state index < -0.39 is 0 Å². The second-order valence-corrected chi connectivity index (χ2v) is 7.56. The highest BCUT2D eigenvalue weighted by molar-refractivity contribution is 7.09. The number of amides is 1. The van der Waals surface area contributed by atoms with E-state index in [1.54, 1.807) is 54.5 Å².